The molecule has 0 unspecified atom stereocenters. The smallest absolute Gasteiger partial charge is 0.0644 e. The summed E-state index contributed by atoms with van der Waals surface area (Å²) in [5.41, 5.74) is 13.3. The van der Waals surface area contributed by atoms with Crippen LogP contribution in [0.5, 0.6) is 0 Å². The van der Waals surface area contributed by atoms with Gasteiger partial charge in [-0.25, -0.2) is 0 Å². The van der Waals surface area contributed by atoms with Crippen LogP contribution in [0.15, 0.2) is 207 Å². The molecule has 0 N–H and O–H groups in total. The van der Waals surface area contributed by atoms with Gasteiger partial charge in [0.2, 0.25) is 0 Å². The molecule has 4 heteroatoms. The molecule has 2 heterocycles. The molecule has 0 spiro atoms. The van der Waals surface area contributed by atoms with Crippen LogP contribution in [0.2, 0.25) is 0 Å². The lowest BCUT2D eigenvalue weighted by molar-refractivity contribution is 1.23. The lowest BCUT2D eigenvalue weighted by Crippen LogP contribution is -2.10. The number of aromatic nitrogens is 2. The van der Waals surface area contributed by atoms with Gasteiger partial charge in [0.15, 0.2) is 0 Å². The van der Waals surface area contributed by atoms with E-state index in [-0.39, 0.29) is 0 Å². The molecule has 0 radical (unpaired) electrons. The average Bonchev–Trinajstić information content (AvgIpc) is 3.23. The highest BCUT2D eigenvalue weighted by Crippen LogP contribution is 2.37. The molecule has 4 nitrogen and oxygen atoms in total. The lowest BCUT2D eigenvalue weighted by atomic mass is 10.0. The maximum atomic E-state index is 4.41. The molecular formula is C48H36N4. The molecule has 0 fully saturated rings. The fourth-order valence-corrected chi connectivity index (χ4v) is 6.40. The van der Waals surface area contributed by atoms with Gasteiger partial charge in [0, 0.05) is 35.1 Å². The summed E-state index contributed by atoms with van der Waals surface area (Å²) >= 11 is 0. The number of benzene rings is 6. The Kier molecular flexibility index (Phi) is 9.43. The molecule has 52 heavy (non-hydrogen) atoms. The van der Waals surface area contributed by atoms with E-state index in [0.29, 0.717) is 0 Å². The molecule has 0 aliphatic carbocycles. The summed E-state index contributed by atoms with van der Waals surface area (Å²) in [6, 6.07) is 63.7. The van der Waals surface area contributed by atoms with E-state index in [1.54, 1.807) is 12.4 Å². The van der Waals surface area contributed by atoms with Crippen LogP contribution in [0, 0.1) is 0 Å². The normalized spacial score (nSPS) is 11.0. The second-order valence-electron chi connectivity index (χ2n) is 12.4. The number of hydrogen-bond donors (Lipinski definition) is 0. The van der Waals surface area contributed by atoms with Crippen molar-refractivity contribution in [3.8, 4) is 22.3 Å². The van der Waals surface area contributed by atoms with Crippen molar-refractivity contribution in [1.82, 2.24) is 9.97 Å². The van der Waals surface area contributed by atoms with Crippen molar-refractivity contribution >= 4 is 46.3 Å². The van der Waals surface area contributed by atoms with Gasteiger partial charge in [0.05, 0.1) is 23.8 Å². The first-order valence-corrected chi connectivity index (χ1v) is 17.4. The van der Waals surface area contributed by atoms with Crippen molar-refractivity contribution in [1.29, 1.82) is 0 Å². The molecule has 0 saturated heterocycles. The number of nitrogens with zero attached hydrogens (tertiary/aromatic N) is 4. The van der Waals surface area contributed by atoms with Crippen LogP contribution in [-0.2, 0) is 0 Å². The summed E-state index contributed by atoms with van der Waals surface area (Å²) in [6.07, 6.45) is 11.7. The van der Waals surface area contributed by atoms with Crippen molar-refractivity contribution in [3.05, 3.63) is 218 Å². The number of rotatable bonds is 10. The Morgan fingerprint density at radius 3 is 0.942 bits per heavy atom. The van der Waals surface area contributed by atoms with Crippen LogP contribution in [0.3, 0.4) is 0 Å². The predicted octanol–water partition coefficient (Wildman–Crippen LogP) is 12.9. The second-order valence-corrected chi connectivity index (χ2v) is 12.4. The molecular weight excluding hydrogens is 633 g/mol. The van der Waals surface area contributed by atoms with Crippen LogP contribution in [-0.4, -0.2) is 9.97 Å². The summed E-state index contributed by atoms with van der Waals surface area (Å²) in [6.45, 7) is 0. The molecule has 0 amide bonds. The summed E-state index contributed by atoms with van der Waals surface area (Å²) in [7, 11) is 0. The van der Waals surface area contributed by atoms with Gasteiger partial charge >= 0.3 is 0 Å². The van der Waals surface area contributed by atoms with Gasteiger partial charge in [-0.05, 0) is 106 Å². The maximum Gasteiger partial charge on any atom is 0.0644 e. The van der Waals surface area contributed by atoms with E-state index in [9.17, 15) is 0 Å². The van der Waals surface area contributed by atoms with E-state index in [4.69, 9.17) is 0 Å². The molecule has 2 aromatic heterocycles. The van der Waals surface area contributed by atoms with Crippen LogP contribution in [0.25, 0.3) is 34.4 Å². The molecule has 0 aliphatic heterocycles. The van der Waals surface area contributed by atoms with E-state index in [2.05, 4.69) is 190 Å². The number of hydrogen-bond acceptors (Lipinski definition) is 4. The fraction of sp³-hybridized carbons (Fsp3) is 0. The van der Waals surface area contributed by atoms with Crippen LogP contribution in [0.1, 0.15) is 11.1 Å². The van der Waals surface area contributed by atoms with Crippen molar-refractivity contribution < 1.29 is 0 Å². The van der Waals surface area contributed by atoms with Gasteiger partial charge in [-0.1, -0.05) is 121 Å². The Hall–Kier alpha value is -7.04. The van der Waals surface area contributed by atoms with E-state index in [1.165, 1.54) is 22.3 Å². The van der Waals surface area contributed by atoms with Crippen molar-refractivity contribution in [3.63, 3.8) is 0 Å². The minimum Gasteiger partial charge on any atom is -0.309 e. The van der Waals surface area contributed by atoms with E-state index >= 15 is 0 Å². The third-order valence-electron chi connectivity index (χ3n) is 9.04. The first-order chi connectivity index (χ1) is 25.8. The highest BCUT2D eigenvalue weighted by atomic mass is 15.2. The minimum atomic E-state index is 1.01. The number of anilines is 6. The third kappa shape index (κ3) is 7.28. The van der Waals surface area contributed by atoms with Crippen LogP contribution < -0.4 is 9.80 Å². The Bertz CT molecular complexity index is 2170. The molecule has 248 valence electrons. The van der Waals surface area contributed by atoms with Gasteiger partial charge in [-0.3, -0.25) is 9.97 Å². The van der Waals surface area contributed by atoms with Gasteiger partial charge < -0.3 is 9.80 Å². The molecule has 8 rings (SSSR count). The van der Waals surface area contributed by atoms with E-state index in [1.807, 2.05) is 36.7 Å². The van der Waals surface area contributed by atoms with Gasteiger partial charge in [-0.15, -0.1) is 0 Å². The fourth-order valence-electron chi connectivity index (χ4n) is 6.40. The van der Waals surface area contributed by atoms with Gasteiger partial charge in [0.1, 0.15) is 0 Å². The quantitative estimate of drug-likeness (QED) is 0.136. The first kappa shape index (κ1) is 32.2. The zero-order valence-corrected chi connectivity index (χ0v) is 28.6. The largest absolute Gasteiger partial charge is 0.309 e. The van der Waals surface area contributed by atoms with Crippen LogP contribution in [0.4, 0.5) is 34.1 Å². The molecule has 0 saturated carbocycles. The minimum absolute atomic E-state index is 1.01. The van der Waals surface area contributed by atoms with E-state index in [0.717, 1.165) is 45.3 Å². The van der Waals surface area contributed by atoms with Crippen molar-refractivity contribution in [2.75, 3.05) is 9.80 Å². The molecule has 8 aromatic rings. The molecule has 0 atom stereocenters. The highest BCUT2D eigenvalue weighted by molar-refractivity contribution is 5.81. The molecule has 6 aromatic carbocycles. The molecule has 0 bridgehead atoms. The Morgan fingerprint density at radius 2 is 0.615 bits per heavy atom. The first-order valence-electron chi connectivity index (χ1n) is 17.4. The van der Waals surface area contributed by atoms with Crippen molar-refractivity contribution in [2.24, 2.45) is 0 Å². The summed E-state index contributed by atoms with van der Waals surface area (Å²) < 4.78 is 0. The van der Waals surface area contributed by atoms with Crippen molar-refractivity contribution in [2.45, 2.75) is 0 Å². The SMILES string of the molecule is C(=C\c1ccc(N(c2ccc(-c3ccccc3)cc2)c2cccnc2)cc1)/c1ccc(N(c2ccc(-c3ccccc3)cc2)c2cccnc2)cc1. The third-order valence-corrected chi connectivity index (χ3v) is 9.04. The monoisotopic (exact) mass is 668 g/mol. The van der Waals surface area contributed by atoms with Gasteiger partial charge in [0.25, 0.3) is 0 Å². The molecule has 0 aliphatic rings. The Labute approximate surface area is 305 Å². The zero-order chi connectivity index (χ0) is 35.0. The zero-order valence-electron chi connectivity index (χ0n) is 28.6. The predicted molar refractivity (Wildman–Crippen MR) is 218 cm³/mol. The summed E-state index contributed by atoms with van der Waals surface area (Å²) in [4.78, 5) is 13.3. The van der Waals surface area contributed by atoms with Crippen LogP contribution >= 0.6 is 0 Å². The van der Waals surface area contributed by atoms with E-state index < -0.39 is 0 Å². The second kappa shape index (κ2) is 15.2. The Balaban J connectivity index is 1.01. The lowest BCUT2D eigenvalue weighted by Gasteiger charge is -2.25. The Morgan fingerprint density at radius 1 is 0.288 bits per heavy atom. The summed E-state index contributed by atoms with van der Waals surface area (Å²) in [5, 5.41) is 0. The number of pyridine rings is 2. The summed E-state index contributed by atoms with van der Waals surface area (Å²) in [5.74, 6) is 0. The maximum absolute atomic E-state index is 4.41. The van der Waals surface area contributed by atoms with Gasteiger partial charge in [-0.2, -0.15) is 0 Å². The average molecular weight is 669 g/mol. The standard InChI is InChI=1S/C48H36N4/c1-3-9-39(10-4-1)41-21-29-45(30-22-41)51(47-13-7-33-49-35-47)43-25-17-37(18-26-43)15-16-38-19-27-44(28-20-38)52(48-14-8-34-50-36-48)46-31-23-42(24-32-46)40-11-5-2-6-12-40/h1-36H/b16-15+. The highest BCUT2D eigenvalue weighted by Gasteiger charge is 2.14. The topological polar surface area (TPSA) is 32.3 Å².